The number of benzene rings is 1. The van der Waals surface area contributed by atoms with Crippen LogP contribution in [0.1, 0.15) is 63.4 Å². The molecule has 0 radical (unpaired) electrons. The van der Waals surface area contributed by atoms with Crippen LogP contribution in [0.25, 0.3) is 6.08 Å². The number of halogens is 1. The molecule has 1 N–H and O–H groups in total. The van der Waals surface area contributed by atoms with Gasteiger partial charge in [0.1, 0.15) is 4.32 Å². The van der Waals surface area contributed by atoms with Gasteiger partial charge < -0.3 is 5.11 Å². The van der Waals surface area contributed by atoms with Crippen LogP contribution in [0, 0.1) is 0 Å². The fourth-order valence-corrected chi connectivity index (χ4v) is 4.77. The van der Waals surface area contributed by atoms with E-state index in [9.17, 15) is 9.59 Å². The van der Waals surface area contributed by atoms with Crippen molar-refractivity contribution in [1.82, 2.24) is 4.90 Å². The summed E-state index contributed by atoms with van der Waals surface area (Å²) < 4.78 is 1.63. The Bertz CT molecular complexity index is 736. The quantitative estimate of drug-likeness (QED) is 0.216. The Morgan fingerprint density at radius 2 is 1.75 bits per heavy atom. The fraction of sp³-hybridized carbons (Fsp3) is 0.476. The van der Waals surface area contributed by atoms with Gasteiger partial charge in [0.15, 0.2) is 0 Å². The second-order valence-electron chi connectivity index (χ2n) is 6.86. The van der Waals surface area contributed by atoms with E-state index in [0.717, 1.165) is 61.4 Å². The number of thiocarbonyl (C=S) groups is 1. The van der Waals surface area contributed by atoms with E-state index in [-0.39, 0.29) is 12.3 Å². The number of aliphatic carboxylic acids is 1. The number of carbonyl (C=O) groups excluding carboxylic acids is 1. The molecular weight excluding hydrogens is 458 g/mol. The van der Waals surface area contributed by atoms with Crippen LogP contribution in [-0.4, -0.2) is 32.7 Å². The lowest BCUT2D eigenvalue weighted by Crippen LogP contribution is -2.29. The molecule has 28 heavy (non-hydrogen) atoms. The molecule has 7 heteroatoms. The first-order valence-corrected chi connectivity index (χ1v) is 11.7. The molecule has 1 saturated heterocycles. The van der Waals surface area contributed by atoms with Gasteiger partial charge in [0.2, 0.25) is 0 Å². The summed E-state index contributed by atoms with van der Waals surface area (Å²) >= 11 is 10.2. The first kappa shape index (κ1) is 23.1. The molecule has 1 aliphatic heterocycles. The van der Waals surface area contributed by atoms with Gasteiger partial charge in [-0.2, -0.15) is 0 Å². The molecule has 1 amide bonds. The number of carboxylic acid groups (broad SMARTS) is 1. The van der Waals surface area contributed by atoms with Gasteiger partial charge >= 0.3 is 5.97 Å². The van der Waals surface area contributed by atoms with Gasteiger partial charge in [-0.25, -0.2) is 0 Å². The number of nitrogens with zero attached hydrogens (tertiary/aromatic N) is 1. The van der Waals surface area contributed by atoms with Crippen LogP contribution in [0.3, 0.4) is 0 Å². The Hall–Kier alpha value is -1.18. The SMILES string of the molecule is O=C(O)CCCCCCCCCCN1C(=O)/C(=C/c2cccc(Br)c2)SC1=S. The van der Waals surface area contributed by atoms with E-state index < -0.39 is 5.97 Å². The molecule has 0 aliphatic carbocycles. The maximum absolute atomic E-state index is 12.6. The molecule has 2 rings (SSSR count). The highest BCUT2D eigenvalue weighted by atomic mass is 79.9. The Morgan fingerprint density at radius 1 is 1.11 bits per heavy atom. The highest BCUT2D eigenvalue weighted by Crippen LogP contribution is 2.33. The zero-order valence-corrected chi connectivity index (χ0v) is 19.1. The van der Waals surface area contributed by atoms with Crippen LogP contribution < -0.4 is 0 Å². The van der Waals surface area contributed by atoms with E-state index in [1.165, 1.54) is 11.8 Å². The van der Waals surface area contributed by atoms with Gasteiger partial charge in [0.05, 0.1) is 4.91 Å². The summed E-state index contributed by atoms with van der Waals surface area (Å²) in [6, 6.07) is 7.86. The Balaban J connectivity index is 1.64. The fourth-order valence-electron chi connectivity index (χ4n) is 3.05. The number of hydrogen-bond acceptors (Lipinski definition) is 4. The summed E-state index contributed by atoms with van der Waals surface area (Å²) in [6.07, 6.45) is 10.5. The van der Waals surface area contributed by atoms with Gasteiger partial charge in [-0.15, -0.1) is 0 Å². The summed E-state index contributed by atoms with van der Waals surface area (Å²) in [5, 5.41) is 8.60. The molecule has 0 unspecified atom stereocenters. The molecule has 1 heterocycles. The molecule has 0 spiro atoms. The first-order chi connectivity index (χ1) is 13.5. The molecule has 1 aromatic carbocycles. The third-order valence-corrected chi connectivity index (χ3v) is 6.41. The molecule has 0 atom stereocenters. The molecule has 0 bridgehead atoms. The van der Waals surface area contributed by atoms with Crippen LogP contribution in [0.4, 0.5) is 0 Å². The van der Waals surface area contributed by atoms with Gasteiger partial charge in [0, 0.05) is 17.4 Å². The van der Waals surface area contributed by atoms with Gasteiger partial charge in [-0.1, -0.05) is 90.6 Å². The number of hydrogen-bond donors (Lipinski definition) is 1. The minimum absolute atomic E-state index is 0.00778. The van der Waals surface area contributed by atoms with Gasteiger partial charge in [-0.05, 0) is 36.6 Å². The summed E-state index contributed by atoms with van der Waals surface area (Å²) in [4.78, 5) is 25.5. The molecule has 1 fully saturated rings. The van der Waals surface area contributed by atoms with E-state index in [2.05, 4.69) is 15.9 Å². The Labute approximate surface area is 184 Å². The highest BCUT2D eigenvalue weighted by molar-refractivity contribution is 9.10. The van der Waals surface area contributed by atoms with E-state index in [0.29, 0.717) is 15.8 Å². The highest BCUT2D eigenvalue weighted by Gasteiger charge is 2.31. The molecule has 1 aromatic rings. The lowest BCUT2D eigenvalue weighted by molar-refractivity contribution is -0.137. The number of carbonyl (C=O) groups is 2. The van der Waals surface area contributed by atoms with Crippen molar-refractivity contribution in [3.63, 3.8) is 0 Å². The van der Waals surface area contributed by atoms with Crippen LogP contribution in [0.2, 0.25) is 0 Å². The number of amides is 1. The molecule has 152 valence electrons. The standard InChI is InChI=1S/C21H26BrNO3S2/c22-17-11-9-10-16(14-17)15-18-20(26)23(21(27)28-18)13-8-6-4-2-1-3-5-7-12-19(24)25/h9-11,14-15H,1-8,12-13H2,(H,24,25)/b18-15-. The first-order valence-electron chi connectivity index (χ1n) is 9.70. The second kappa shape index (κ2) is 12.4. The van der Waals surface area contributed by atoms with E-state index in [4.69, 9.17) is 17.3 Å². The van der Waals surface area contributed by atoms with Crippen LogP contribution in [0.15, 0.2) is 33.6 Å². The average Bonchev–Trinajstić information content (AvgIpc) is 2.90. The lowest BCUT2D eigenvalue weighted by atomic mass is 10.1. The van der Waals surface area contributed by atoms with Crippen molar-refractivity contribution in [1.29, 1.82) is 0 Å². The number of thioether (sulfide) groups is 1. The van der Waals surface area contributed by atoms with E-state index in [1.807, 2.05) is 30.3 Å². The van der Waals surface area contributed by atoms with E-state index >= 15 is 0 Å². The smallest absolute Gasteiger partial charge is 0.303 e. The topological polar surface area (TPSA) is 57.6 Å². The van der Waals surface area contributed by atoms with Crippen molar-refractivity contribution in [3.8, 4) is 0 Å². The summed E-state index contributed by atoms with van der Waals surface area (Å²) in [5.41, 5.74) is 0.984. The third kappa shape index (κ3) is 8.05. The zero-order valence-electron chi connectivity index (χ0n) is 15.9. The summed E-state index contributed by atoms with van der Waals surface area (Å²) in [7, 11) is 0. The summed E-state index contributed by atoms with van der Waals surface area (Å²) in [6.45, 7) is 0.680. The van der Waals surface area contributed by atoms with Crippen molar-refractivity contribution in [2.45, 2.75) is 57.8 Å². The minimum Gasteiger partial charge on any atom is -0.481 e. The third-order valence-electron chi connectivity index (χ3n) is 4.54. The van der Waals surface area contributed by atoms with Crippen molar-refractivity contribution in [2.24, 2.45) is 0 Å². The Kier molecular flexibility index (Phi) is 10.2. The monoisotopic (exact) mass is 483 g/mol. The molecule has 4 nitrogen and oxygen atoms in total. The van der Waals surface area contributed by atoms with Crippen molar-refractivity contribution in [3.05, 3.63) is 39.2 Å². The molecule has 0 saturated carbocycles. The predicted octanol–water partition coefficient (Wildman–Crippen LogP) is 6.25. The second-order valence-corrected chi connectivity index (χ2v) is 9.45. The molecule has 0 aromatic heterocycles. The predicted molar refractivity (Wildman–Crippen MR) is 123 cm³/mol. The normalized spacial score (nSPS) is 15.6. The number of carboxylic acids is 1. The molecule has 1 aliphatic rings. The summed E-state index contributed by atoms with van der Waals surface area (Å²) in [5.74, 6) is -0.699. The van der Waals surface area contributed by atoms with Crippen molar-refractivity contribution >= 4 is 62.2 Å². The number of unbranched alkanes of at least 4 members (excludes halogenated alkanes) is 7. The van der Waals surface area contributed by atoms with E-state index in [1.54, 1.807) is 4.90 Å². The number of rotatable bonds is 12. The van der Waals surface area contributed by atoms with Crippen molar-refractivity contribution in [2.75, 3.05) is 6.54 Å². The van der Waals surface area contributed by atoms with Crippen LogP contribution in [-0.2, 0) is 9.59 Å². The van der Waals surface area contributed by atoms with Gasteiger partial charge in [-0.3, -0.25) is 14.5 Å². The van der Waals surface area contributed by atoms with Gasteiger partial charge in [0.25, 0.3) is 5.91 Å². The maximum Gasteiger partial charge on any atom is 0.303 e. The Morgan fingerprint density at radius 3 is 2.39 bits per heavy atom. The largest absolute Gasteiger partial charge is 0.481 e. The zero-order chi connectivity index (χ0) is 20.4. The van der Waals surface area contributed by atoms with Crippen molar-refractivity contribution < 1.29 is 14.7 Å². The van der Waals surface area contributed by atoms with Crippen LogP contribution in [0.5, 0.6) is 0 Å². The minimum atomic E-state index is -0.706. The average molecular weight is 484 g/mol. The molecular formula is C21H26BrNO3S2. The maximum atomic E-state index is 12.6. The lowest BCUT2D eigenvalue weighted by Gasteiger charge is -2.14. The van der Waals surface area contributed by atoms with Crippen LogP contribution >= 0.6 is 39.9 Å².